The van der Waals surface area contributed by atoms with E-state index in [-0.39, 0.29) is 11.3 Å². The lowest BCUT2D eigenvalue weighted by atomic mass is 10.3. The molecule has 1 aliphatic carbocycles. The van der Waals surface area contributed by atoms with Gasteiger partial charge in [0, 0.05) is 33.2 Å². The van der Waals surface area contributed by atoms with Crippen molar-refractivity contribution in [2.24, 2.45) is 7.05 Å². The zero-order chi connectivity index (χ0) is 17.1. The van der Waals surface area contributed by atoms with Gasteiger partial charge in [-0.25, -0.2) is 18.4 Å². The fourth-order valence-electron chi connectivity index (χ4n) is 3.39. The normalized spacial score (nSPS) is 22.0. The molecule has 1 saturated heterocycles. The zero-order valence-corrected chi connectivity index (χ0v) is 15.0. The smallest absolute Gasteiger partial charge is 0.217 e. The van der Waals surface area contributed by atoms with Crippen molar-refractivity contribution in [3.63, 3.8) is 0 Å². The van der Waals surface area contributed by atoms with E-state index in [1.165, 1.54) is 0 Å². The van der Waals surface area contributed by atoms with Crippen molar-refractivity contribution >= 4 is 26.9 Å². The quantitative estimate of drug-likeness (QED) is 0.806. The molecule has 0 aromatic carbocycles. The van der Waals surface area contributed by atoms with Crippen LogP contribution in [0.5, 0.6) is 0 Å². The first-order valence-corrected chi connectivity index (χ1v) is 9.76. The highest BCUT2D eigenvalue weighted by atomic mass is 32.2. The maximum Gasteiger partial charge on any atom is 0.217 e. The first-order chi connectivity index (χ1) is 11.4. The molecule has 0 amide bonds. The van der Waals surface area contributed by atoms with Gasteiger partial charge in [-0.15, -0.1) is 0 Å². The Morgan fingerprint density at radius 1 is 1.25 bits per heavy atom. The van der Waals surface area contributed by atoms with Crippen LogP contribution in [-0.4, -0.2) is 63.9 Å². The lowest BCUT2D eigenvalue weighted by molar-refractivity contribution is 0.389. The highest BCUT2D eigenvalue weighted by molar-refractivity contribution is 7.90. The molecule has 24 heavy (non-hydrogen) atoms. The van der Waals surface area contributed by atoms with Crippen LogP contribution in [0.4, 0.5) is 5.82 Å². The van der Waals surface area contributed by atoms with Crippen molar-refractivity contribution in [1.82, 2.24) is 24.1 Å². The Hall–Kier alpha value is -1.74. The van der Waals surface area contributed by atoms with E-state index >= 15 is 0 Å². The van der Waals surface area contributed by atoms with Gasteiger partial charge in [-0.1, -0.05) is 0 Å². The Bertz CT molecular complexity index is 889. The van der Waals surface area contributed by atoms with Gasteiger partial charge in [0.2, 0.25) is 10.0 Å². The molecule has 130 valence electrons. The molecule has 0 spiro atoms. The van der Waals surface area contributed by atoms with Gasteiger partial charge in [-0.2, -0.15) is 9.40 Å². The second-order valence-corrected chi connectivity index (χ2v) is 9.02. The van der Waals surface area contributed by atoms with Gasteiger partial charge < -0.3 is 4.90 Å². The SMILES string of the molecule is Cc1nc(N2CCC(N(C)S(=O)(=O)C3CC3)C2)c2cnn(C)c2n1. The first-order valence-electron chi connectivity index (χ1n) is 8.26. The molecule has 0 bridgehead atoms. The number of nitrogens with zero attached hydrogens (tertiary/aromatic N) is 6. The molecular formula is C15H22N6O2S. The number of likely N-dealkylation sites (N-methyl/N-ethyl adjacent to an activating group) is 1. The number of hydrogen-bond donors (Lipinski definition) is 0. The second kappa shape index (κ2) is 5.38. The van der Waals surface area contributed by atoms with Gasteiger partial charge in [0.25, 0.3) is 0 Å². The molecular weight excluding hydrogens is 328 g/mol. The standard InChI is InChI=1S/C15H22N6O2S/c1-10-17-14-13(8-16-19(14)2)15(18-10)21-7-6-11(9-21)20(3)24(22,23)12-4-5-12/h8,11-12H,4-7,9H2,1-3H3. The van der Waals surface area contributed by atoms with Crippen molar-refractivity contribution < 1.29 is 8.42 Å². The van der Waals surface area contributed by atoms with Crippen LogP contribution in [-0.2, 0) is 17.1 Å². The van der Waals surface area contributed by atoms with Gasteiger partial charge in [-0.3, -0.25) is 4.68 Å². The fourth-order valence-corrected chi connectivity index (χ4v) is 5.18. The van der Waals surface area contributed by atoms with Crippen molar-refractivity contribution in [2.45, 2.75) is 37.5 Å². The molecule has 1 unspecified atom stereocenters. The van der Waals surface area contributed by atoms with Crippen LogP contribution >= 0.6 is 0 Å². The number of aryl methyl sites for hydroxylation is 2. The number of hydrogen-bond acceptors (Lipinski definition) is 6. The lowest BCUT2D eigenvalue weighted by Gasteiger charge is -2.24. The molecule has 1 atom stereocenters. The number of rotatable bonds is 4. The minimum Gasteiger partial charge on any atom is -0.354 e. The summed E-state index contributed by atoms with van der Waals surface area (Å²) in [5, 5.41) is 5.02. The molecule has 3 heterocycles. The fraction of sp³-hybridized carbons (Fsp3) is 0.667. The average molecular weight is 350 g/mol. The van der Waals surface area contributed by atoms with Crippen LogP contribution in [0.1, 0.15) is 25.1 Å². The zero-order valence-electron chi connectivity index (χ0n) is 14.2. The van der Waals surface area contributed by atoms with Gasteiger partial charge >= 0.3 is 0 Å². The lowest BCUT2D eigenvalue weighted by Crippen LogP contribution is -2.40. The monoisotopic (exact) mass is 350 g/mol. The number of aromatic nitrogens is 4. The van der Waals surface area contributed by atoms with E-state index in [2.05, 4.69) is 20.0 Å². The van der Waals surface area contributed by atoms with Gasteiger partial charge in [0.1, 0.15) is 11.6 Å². The van der Waals surface area contributed by atoms with Gasteiger partial charge in [0.05, 0.1) is 16.8 Å². The van der Waals surface area contributed by atoms with E-state index in [0.717, 1.165) is 42.7 Å². The summed E-state index contributed by atoms with van der Waals surface area (Å²) in [6, 6.07) is -0.00223. The summed E-state index contributed by atoms with van der Waals surface area (Å²) in [7, 11) is 0.433. The van der Waals surface area contributed by atoms with E-state index in [1.807, 2.05) is 14.0 Å². The minimum absolute atomic E-state index is 0.00223. The topological polar surface area (TPSA) is 84.2 Å². The molecule has 2 aromatic rings. The first kappa shape index (κ1) is 15.8. The van der Waals surface area contributed by atoms with Gasteiger partial charge in [-0.05, 0) is 26.2 Å². The Labute approximate surface area is 141 Å². The predicted octanol–water partition coefficient (Wildman–Crippen LogP) is 0.674. The summed E-state index contributed by atoms with van der Waals surface area (Å²) >= 11 is 0. The third kappa shape index (κ3) is 2.46. The van der Waals surface area contributed by atoms with E-state index in [1.54, 1.807) is 22.2 Å². The Morgan fingerprint density at radius 3 is 2.71 bits per heavy atom. The molecule has 8 nitrogen and oxygen atoms in total. The average Bonchev–Trinajstić information content (AvgIpc) is 3.20. The van der Waals surface area contributed by atoms with Gasteiger partial charge in [0.15, 0.2) is 5.65 Å². The largest absolute Gasteiger partial charge is 0.354 e. The summed E-state index contributed by atoms with van der Waals surface area (Å²) in [6.45, 7) is 3.31. The van der Waals surface area contributed by atoms with Crippen LogP contribution in [0.25, 0.3) is 11.0 Å². The van der Waals surface area contributed by atoms with E-state index in [9.17, 15) is 8.42 Å². The molecule has 2 fully saturated rings. The van der Waals surface area contributed by atoms with E-state index in [0.29, 0.717) is 12.4 Å². The third-order valence-corrected chi connectivity index (χ3v) is 7.42. The van der Waals surface area contributed by atoms with Crippen molar-refractivity contribution in [3.8, 4) is 0 Å². The van der Waals surface area contributed by atoms with Crippen molar-refractivity contribution in [1.29, 1.82) is 0 Å². The molecule has 9 heteroatoms. The number of anilines is 1. The summed E-state index contributed by atoms with van der Waals surface area (Å²) < 4.78 is 28.2. The maximum atomic E-state index is 12.5. The minimum atomic E-state index is -3.14. The van der Waals surface area contributed by atoms with Crippen LogP contribution < -0.4 is 4.90 Å². The molecule has 4 rings (SSSR count). The van der Waals surface area contributed by atoms with Crippen molar-refractivity contribution in [3.05, 3.63) is 12.0 Å². The van der Waals surface area contributed by atoms with Crippen LogP contribution in [0, 0.1) is 6.92 Å². The molecule has 2 aromatic heterocycles. The summed E-state index contributed by atoms with van der Waals surface area (Å²) in [6.07, 6.45) is 4.18. The summed E-state index contributed by atoms with van der Waals surface area (Å²) in [5.74, 6) is 1.55. The van der Waals surface area contributed by atoms with E-state index in [4.69, 9.17) is 0 Å². The molecule has 1 saturated carbocycles. The van der Waals surface area contributed by atoms with Crippen molar-refractivity contribution in [2.75, 3.05) is 25.0 Å². The molecule has 2 aliphatic rings. The number of fused-ring (bicyclic) bond motifs is 1. The van der Waals surface area contributed by atoms with E-state index < -0.39 is 10.0 Å². The Balaban J connectivity index is 1.61. The van der Waals surface area contributed by atoms with Crippen LogP contribution in [0.3, 0.4) is 0 Å². The second-order valence-electron chi connectivity index (χ2n) is 6.75. The highest BCUT2D eigenvalue weighted by Gasteiger charge is 2.42. The maximum absolute atomic E-state index is 12.5. The predicted molar refractivity (Wildman–Crippen MR) is 91.4 cm³/mol. The molecule has 0 N–H and O–H groups in total. The molecule has 0 radical (unpaired) electrons. The summed E-state index contributed by atoms with van der Waals surface area (Å²) in [4.78, 5) is 11.2. The Kier molecular flexibility index (Phi) is 3.54. The van der Waals surface area contributed by atoms with Crippen LogP contribution in [0.2, 0.25) is 0 Å². The molecule has 1 aliphatic heterocycles. The Morgan fingerprint density at radius 2 is 2.00 bits per heavy atom. The summed E-state index contributed by atoms with van der Waals surface area (Å²) in [5.41, 5.74) is 0.805. The third-order valence-electron chi connectivity index (χ3n) is 5.01. The highest BCUT2D eigenvalue weighted by Crippen LogP contribution is 2.34. The van der Waals surface area contributed by atoms with Crippen LogP contribution in [0.15, 0.2) is 6.20 Å². The number of sulfonamides is 1.